The van der Waals surface area contributed by atoms with Crippen molar-refractivity contribution in [3.05, 3.63) is 66.2 Å². The van der Waals surface area contributed by atoms with Crippen molar-refractivity contribution in [1.29, 1.82) is 0 Å². The monoisotopic (exact) mass is 251 g/mol. The minimum Gasteiger partial charge on any atom is -0.353 e. The van der Waals surface area contributed by atoms with Gasteiger partial charge in [0, 0.05) is 13.5 Å². The summed E-state index contributed by atoms with van der Waals surface area (Å²) in [6.45, 7) is 2.08. The number of rotatable bonds is 4. The SMILES string of the molecule is CC(=O)NCC=Cc1ccc(-c2ccccc2)cc1. The van der Waals surface area contributed by atoms with E-state index >= 15 is 0 Å². The summed E-state index contributed by atoms with van der Waals surface area (Å²) >= 11 is 0. The van der Waals surface area contributed by atoms with E-state index in [-0.39, 0.29) is 5.91 Å². The van der Waals surface area contributed by atoms with E-state index in [2.05, 4.69) is 41.7 Å². The predicted octanol–water partition coefficient (Wildman–Crippen LogP) is 3.50. The van der Waals surface area contributed by atoms with Crippen molar-refractivity contribution in [1.82, 2.24) is 5.32 Å². The Hall–Kier alpha value is -2.35. The molecule has 2 heteroatoms. The molecule has 0 radical (unpaired) electrons. The Morgan fingerprint density at radius 2 is 1.63 bits per heavy atom. The molecule has 1 amide bonds. The average Bonchev–Trinajstić information content (AvgIpc) is 2.45. The fourth-order valence-corrected chi connectivity index (χ4v) is 1.81. The number of amides is 1. The van der Waals surface area contributed by atoms with E-state index in [4.69, 9.17) is 0 Å². The summed E-state index contributed by atoms with van der Waals surface area (Å²) in [6, 6.07) is 18.7. The molecule has 0 fully saturated rings. The van der Waals surface area contributed by atoms with Gasteiger partial charge in [0.1, 0.15) is 0 Å². The molecule has 0 aromatic heterocycles. The van der Waals surface area contributed by atoms with Crippen LogP contribution >= 0.6 is 0 Å². The van der Waals surface area contributed by atoms with E-state index in [1.807, 2.05) is 30.4 Å². The fraction of sp³-hybridized carbons (Fsp3) is 0.118. The molecular weight excluding hydrogens is 234 g/mol. The Morgan fingerprint density at radius 3 is 2.26 bits per heavy atom. The lowest BCUT2D eigenvalue weighted by Crippen LogP contribution is -2.19. The van der Waals surface area contributed by atoms with Crippen LogP contribution < -0.4 is 5.32 Å². The number of carbonyl (C=O) groups is 1. The van der Waals surface area contributed by atoms with Crippen LogP contribution in [-0.2, 0) is 4.79 Å². The summed E-state index contributed by atoms with van der Waals surface area (Å²) < 4.78 is 0. The van der Waals surface area contributed by atoms with Crippen LogP contribution in [0.4, 0.5) is 0 Å². The zero-order valence-corrected chi connectivity index (χ0v) is 11.0. The lowest BCUT2D eigenvalue weighted by molar-refractivity contribution is -0.118. The maximum atomic E-state index is 10.7. The highest BCUT2D eigenvalue weighted by molar-refractivity contribution is 5.73. The number of hydrogen-bond acceptors (Lipinski definition) is 1. The third-order valence-corrected chi connectivity index (χ3v) is 2.80. The van der Waals surface area contributed by atoms with Crippen molar-refractivity contribution < 1.29 is 4.79 Å². The Labute approximate surface area is 113 Å². The van der Waals surface area contributed by atoms with E-state index in [1.54, 1.807) is 0 Å². The van der Waals surface area contributed by atoms with Crippen LogP contribution in [0.3, 0.4) is 0 Å². The third kappa shape index (κ3) is 4.11. The lowest BCUT2D eigenvalue weighted by Gasteiger charge is -2.02. The van der Waals surface area contributed by atoms with Gasteiger partial charge >= 0.3 is 0 Å². The molecule has 0 atom stereocenters. The standard InChI is InChI=1S/C17H17NO/c1-14(19)18-13-5-6-15-9-11-17(12-10-15)16-7-3-2-4-8-16/h2-12H,13H2,1H3,(H,18,19). The molecule has 0 saturated carbocycles. The molecule has 0 aliphatic rings. The molecular formula is C17H17NO. The average molecular weight is 251 g/mol. The minimum atomic E-state index is -0.0101. The summed E-state index contributed by atoms with van der Waals surface area (Å²) in [5, 5.41) is 2.73. The summed E-state index contributed by atoms with van der Waals surface area (Å²) in [5.41, 5.74) is 3.56. The highest BCUT2D eigenvalue weighted by atomic mass is 16.1. The van der Waals surface area contributed by atoms with Gasteiger partial charge in [0.05, 0.1) is 0 Å². The van der Waals surface area contributed by atoms with Gasteiger partial charge in [-0.05, 0) is 16.7 Å². The fourth-order valence-electron chi connectivity index (χ4n) is 1.81. The molecule has 19 heavy (non-hydrogen) atoms. The zero-order chi connectivity index (χ0) is 13.5. The van der Waals surface area contributed by atoms with E-state index in [0.29, 0.717) is 6.54 Å². The quantitative estimate of drug-likeness (QED) is 0.885. The molecule has 2 aromatic carbocycles. The second-order valence-corrected chi connectivity index (χ2v) is 4.33. The van der Waals surface area contributed by atoms with Crippen LogP contribution in [0.1, 0.15) is 12.5 Å². The molecule has 0 aliphatic carbocycles. The second-order valence-electron chi connectivity index (χ2n) is 4.33. The van der Waals surface area contributed by atoms with Gasteiger partial charge in [-0.2, -0.15) is 0 Å². The molecule has 0 bridgehead atoms. The summed E-state index contributed by atoms with van der Waals surface area (Å²) in [4.78, 5) is 10.7. The van der Waals surface area contributed by atoms with Crippen LogP contribution in [0.2, 0.25) is 0 Å². The molecule has 0 spiro atoms. The van der Waals surface area contributed by atoms with Crippen molar-refractivity contribution >= 4 is 12.0 Å². The molecule has 0 saturated heterocycles. The summed E-state index contributed by atoms with van der Waals surface area (Å²) in [6.07, 6.45) is 3.95. The third-order valence-electron chi connectivity index (χ3n) is 2.80. The van der Waals surface area contributed by atoms with E-state index in [0.717, 1.165) is 5.56 Å². The smallest absolute Gasteiger partial charge is 0.217 e. The molecule has 0 unspecified atom stereocenters. The zero-order valence-electron chi connectivity index (χ0n) is 11.0. The van der Waals surface area contributed by atoms with Crippen molar-refractivity contribution in [2.45, 2.75) is 6.92 Å². The van der Waals surface area contributed by atoms with Crippen LogP contribution in [0.25, 0.3) is 17.2 Å². The molecule has 0 heterocycles. The van der Waals surface area contributed by atoms with Gasteiger partial charge in [-0.15, -0.1) is 0 Å². The molecule has 2 rings (SSSR count). The topological polar surface area (TPSA) is 29.1 Å². The number of carbonyl (C=O) groups excluding carboxylic acids is 1. The highest BCUT2D eigenvalue weighted by Crippen LogP contribution is 2.19. The van der Waals surface area contributed by atoms with E-state index in [9.17, 15) is 4.79 Å². The maximum Gasteiger partial charge on any atom is 0.217 e. The normalized spacial score (nSPS) is 10.6. The lowest BCUT2D eigenvalue weighted by atomic mass is 10.0. The van der Waals surface area contributed by atoms with Crippen molar-refractivity contribution in [3.8, 4) is 11.1 Å². The number of hydrogen-bond donors (Lipinski definition) is 1. The predicted molar refractivity (Wildman–Crippen MR) is 79.6 cm³/mol. The summed E-state index contributed by atoms with van der Waals surface area (Å²) in [7, 11) is 0. The highest BCUT2D eigenvalue weighted by Gasteiger charge is 1.95. The largest absolute Gasteiger partial charge is 0.353 e. The first kappa shape index (κ1) is 13.1. The maximum absolute atomic E-state index is 10.7. The van der Waals surface area contributed by atoms with Gasteiger partial charge in [-0.1, -0.05) is 66.7 Å². The van der Waals surface area contributed by atoms with Gasteiger partial charge in [-0.3, -0.25) is 4.79 Å². The van der Waals surface area contributed by atoms with Gasteiger partial charge in [0.15, 0.2) is 0 Å². The first-order chi connectivity index (χ1) is 9.25. The van der Waals surface area contributed by atoms with E-state index < -0.39 is 0 Å². The Bertz CT molecular complexity index is 556. The molecule has 96 valence electrons. The Morgan fingerprint density at radius 1 is 1.00 bits per heavy atom. The van der Waals surface area contributed by atoms with Gasteiger partial charge in [0.25, 0.3) is 0 Å². The second kappa shape index (κ2) is 6.55. The van der Waals surface area contributed by atoms with Crippen LogP contribution in [0.5, 0.6) is 0 Å². The molecule has 2 nitrogen and oxygen atoms in total. The molecule has 2 aromatic rings. The van der Waals surface area contributed by atoms with Crippen LogP contribution in [0, 0.1) is 0 Å². The molecule has 0 aliphatic heterocycles. The van der Waals surface area contributed by atoms with Crippen molar-refractivity contribution in [2.24, 2.45) is 0 Å². The molecule has 1 N–H and O–H groups in total. The van der Waals surface area contributed by atoms with Crippen LogP contribution in [0.15, 0.2) is 60.7 Å². The van der Waals surface area contributed by atoms with Crippen molar-refractivity contribution in [3.63, 3.8) is 0 Å². The number of nitrogens with one attached hydrogen (secondary N) is 1. The Balaban J connectivity index is 2.01. The number of benzene rings is 2. The minimum absolute atomic E-state index is 0.0101. The van der Waals surface area contributed by atoms with Gasteiger partial charge < -0.3 is 5.32 Å². The first-order valence-corrected chi connectivity index (χ1v) is 6.32. The first-order valence-electron chi connectivity index (χ1n) is 6.32. The Kier molecular flexibility index (Phi) is 4.51. The van der Waals surface area contributed by atoms with Gasteiger partial charge in [-0.25, -0.2) is 0 Å². The van der Waals surface area contributed by atoms with Crippen molar-refractivity contribution in [2.75, 3.05) is 6.54 Å². The summed E-state index contributed by atoms with van der Waals surface area (Å²) in [5.74, 6) is -0.0101. The van der Waals surface area contributed by atoms with Gasteiger partial charge in [0.2, 0.25) is 5.91 Å². The van der Waals surface area contributed by atoms with Crippen LogP contribution in [-0.4, -0.2) is 12.5 Å². The van der Waals surface area contributed by atoms with E-state index in [1.165, 1.54) is 18.1 Å².